The van der Waals surface area contributed by atoms with Gasteiger partial charge in [0, 0.05) is 5.56 Å². The van der Waals surface area contributed by atoms with E-state index in [9.17, 15) is 9.18 Å². The molecule has 0 saturated heterocycles. The van der Waals surface area contributed by atoms with Crippen LogP contribution >= 0.6 is 0 Å². The monoisotopic (exact) mass is 327 g/mol. The minimum absolute atomic E-state index is 0.0988. The molecule has 0 unspecified atom stereocenters. The summed E-state index contributed by atoms with van der Waals surface area (Å²) in [5, 5.41) is 9.99. The molecule has 0 aliphatic carbocycles. The first-order valence-electron chi connectivity index (χ1n) is 7.30. The lowest BCUT2D eigenvalue weighted by Gasteiger charge is -2.02. The Hall–Kier alpha value is -3.22. The molecule has 2 aromatic carbocycles. The number of hydrogen-bond acceptors (Lipinski definition) is 5. The van der Waals surface area contributed by atoms with E-state index in [0.29, 0.717) is 12.2 Å². The minimum atomic E-state index is -0.657. The molecule has 0 bridgehead atoms. The average Bonchev–Trinajstić information content (AvgIpc) is 3.04. The second-order valence-electron chi connectivity index (χ2n) is 4.80. The molecule has 0 atom stereocenters. The molecule has 0 spiro atoms. The van der Waals surface area contributed by atoms with Crippen LogP contribution in [-0.2, 0) is 0 Å². The number of halogens is 1. The van der Waals surface area contributed by atoms with Crippen LogP contribution in [0.2, 0.25) is 0 Å². The summed E-state index contributed by atoms with van der Waals surface area (Å²) in [4.78, 5) is 12.0. The molecule has 1 amide bonds. The fourth-order valence-corrected chi connectivity index (χ4v) is 2.06. The molecule has 1 N–H and O–H groups in total. The molecule has 24 heavy (non-hydrogen) atoms. The van der Waals surface area contributed by atoms with Gasteiger partial charge in [0.2, 0.25) is 5.89 Å². The number of amides is 1. The Bertz CT molecular complexity index is 846. The number of benzene rings is 2. The van der Waals surface area contributed by atoms with Crippen molar-refractivity contribution in [1.29, 1.82) is 0 Å². The number of ether oxygens (including phenoxy) is 1. The van der Waals surface area contributed by atoms with Gasteiger partial charge < -0.3 is 9.15 Å². The van der Waals surface area contributed by atoms with Crippen LogP contribution in [0.1, 0.15) is 17.3 Å². The Morgan fingerprint density at radius 1 is 1.17 bits per heavy atom. The molecule has 3 aromatic rings. The predicted molar refractivity (Wildman–Crippen MR) is 85.3 cm³/mol. The van der Waals surface area contributed by atoms with E-state index in [1.54, 1.807) is 30.3 Å². The van der Waals surface area contributed by atoms with Crippen molar-refractivity contribution >= 4 is 11.9 Å². The molecule has 0 aliphatic heterocycles. The Balaban J connectivity index is 1.73. The van der Waals surface area contributed by atoms with Gasteiger partial charge in [0.25, 0.3) is 5.91 Å². The number of carbonyl (C=O) groups excluding carboxylic acids is 1. The van der Waals surface area contributed by atoms with Gasteiger partial charge in [-0.05, 0) is 43.3 Å². The van der Waals surface area contributed by atoms with E-state index in [1.165, 1.54) is 18.2 Å². The Morgan fingerprint density at radius 3 is 2.62 bits per heavy atom. The van der Waals surface area contributed by atoms with Crippen LogP contribution in [0.25, 0.3) is 11.5 Å². The molecule has 0 fully saturated rings. The number of rotatable bonds is 5. The van der Waals surface area contributed by atoms with E-state index < -0.39 is 11.7 Å². The normalized spacial score (nSPS) is 10.4. The molecule has 1 heterocycles. The first kappa shape index (κ1) is 15.7. The largest absolute Gasteiger partial charge is 0.494 e. The lowest BCUT2D eigenvalue weighted by atomic mass is 10.2. The molecule has 6 nitrogen and oxygen atoms in total. The molecule has 0 saturated carbocycles. The molecule has 0 aliphatic rings. The smallest absolute Gasteiger partial charge is 0.322 e. The summed E-state index contributed by atoms with van der Waals surface area (Å²) in [7, 11) is 0. The zero-order valence-corrected chi connectivity index (χ0v) is 12.8. The highest BCUT2D eigenvalue weighted by atomic mass is 19.1. The van der Waals surface area contributed by atoms with Gasteiger partial charge in [-0.3, -0.25) is 10.1 Å². The third-order valence-electron chi connectivity index (χ3n) is 3.18. The van der Waals surface area contributed by atoms with Crippen LogP contribution in [0, 0.1) is 5.82 Å². The molecular weight excluding hydrogens is 313 g/mol. The highest BCUT2D eigenvalue weighted by Crippen LogP contribution is 2.23. The predicted octanol–water partition coefficient (Wildman–Crippen LogP) is 3.53. The second-order valence-corrected chi connectivity index (χ2v) is 4.80. The summed E-state index contributed by atoms with van der Waals surface area (Å²) in [6, 6.07) is 12.6. The van der Waals surface area contributed by atoms with Gasteiger partial charge in [-0.1, -0.05) is 17.2 Å². The highest BCUT2D eigenvalue weighted by Gasteiger charge is 2.15. The van der Waals surface area contributed by atoms with Gasteiger partial charge >= 0.3 is 6.01 Å². The summed E-state index contributed by atoms with van der Waals surface area (Å²) in [6.07, 6.45) is 0. The van der Waals surface area contributed by atoms with Crippen LogP contribution in [0.5, 0.6) is 5.75 Å². The van der Waals surface area contributed by atoms with Gasteiger partial charge in [-0.15, -0.1) is 5.10 Å². The highest BCUT2D eigenvalue weighted by molar-refractivity contribution is 6.03. The van der Waals surface area contributed by atoms with Crippen molar-refractivity contribution in [2.45, 2.75) is 6.92 Å². The van der Waals surface area contributed by atoms with Crippen LogP contribution in [-0.4, -0.2) is 22.7 Å². The Labute approximate surface area is 137 Å². The van der Waals surface area contributed by atoms with Crippen molar-refractivity contribution in [2.75, 3.05) is 11.9 Å². The van der Waals surface area contributed by atoms with Crippen LogP contribution < -0.4 is 10.1 Å². The van der Waals surface area contributed by atoms with Crippen molar-refractivity contribution < 1.29 is 18.3 Å². The number of anilines is 1. The first-order valence-corrected chi connectivity index (χ1v) is 7.30. The van der Waals surface area contributed by atoms with Crippen molar-refractivity contribution in [1.82, 2.24) is 10.2 Å². The van der Waals surface area contributed by atoms with E-state index in [2.05, 4.69) is 15.5 Å². The van der Waals surface area contributed by atoms with Gasteiger partial charge in [0.15, 0.2) is 0 Å². The lowest BCUT2D eigenvalue weighted by Crippen LogP contribution is -2.13. The number of aromatic nitrogens is 2. The van der Waals surface area contributed by atoms with Crippen molar-refractivity contribution in [3.8, 4) is 17.2 Å². The van der Waals surface area contributed by atoms with E-state index in [1.807, 2.05) is 6.92 Å². The van der Waals surface area contributed by atoms with E-state index in [-0.39, 0.29) is 17.5 Å². The molecule has 1 aromatic heterocycles. The molecule has 0 radical (unpaired) electrons. The molecular formula is C17H14FN3O3. The van der Waals surface area contributed by atoms with Crippen molar-refractivity contribution in [2.24, 2.45) is 0 Å². The molecule has 7 heteroatoms. The van der Waals surface area contributed by atoms with Gasteiger partial charge in [-0.2, -0.15) is 0 Å². The lowest BCUT2D eigenvalue weighted by molar-refractivity contribution is 0.102. The summed E-state index contributed by atoms with van der Waals surface area (Å²) in [5.74, 6) is -0.313. The van der Waals surface area contributed by atoms with E-state index in [4.69, 9.17) is 9.15 Å². The third-order valence-corrected chi connectivity index (χ3v) is 3.18. The standard InChI is InChI=1S/C17H14FN3O3/c1-2-23-12-9-7-11(8-10-12)16-20-21-17(24-16)19-15(22)13-5-3-4-6-14(13)18/h3-10H,2H2,1H3,(H,19,21,22). The summed E-state index contributed by atoms with van der Waals surface area (Å²) in [6.45, 7) is 2.47. The van der Waals surface area contributed by atoms with Crippen molar-refractivity contribution in [3.05, 3.63) is 59.9 Å². The van der Waals surface area contributed by atoms with E-state index >= 15 is 0 Å². The SMILES string of the molecule is CCOc1ccc(-c2nnc(NC(=O)c3ccccc3F)o2)cc1. The Morgan fingerprint density at radius 2 is 1.92 bits per heavy atom. The van der Waals surface area contributed by atoms with Gasteiger partial charge in [-0.25, -0.2) is 4.39 Å². The third kappa shape index (κ3) is 3.40. The summed E-state index contributed by atoms with van der Waals surface area (Å²) >= 11 is 0. The van der Waals surface area contributed by atoms with Gasteiger partial charge in [0.05, 0.1) is 12.2 Å². The average molecular weight is 327 g/mol. The number of carbonyl (C=O) groups is 1. The second kappa shape index (κ2) is 6.91. The number of nitrogens with zero attached hydrogens (tertiary/aromatic N) is 2. The maximum absolute atomic E-state index is 13.6. The summed E-state index contributed by atoms with van der Waals surface area (Å²) < 4.78 is 24.3. The fourth-order valence-electron chi connectivity index (χ4n) is 2.06. The maximum Gasteiger partial charge on any atom is 0.322 e. The minimum Gasteiger partial charge on any atom is -0.494 e. The number of nitrogens with one attached hydrogen (secondary N) is 1. The maximum atomic E-state index is 13.6. The van der Waals surface area contributed by atoms with E-state index in [0.717, 1.165) is 5.75 Å². The molecule has 122 valence electrons. The van der Waals surface area contributed by atoms with Crippen LogP contribution in [0.4, 0.5) is 10.4 Å². The van der Waals surface area contributed by atoms with Crippen LogP contribution in [0.15, 0.2) is 52.9 Å². The quantitative estimate of drug-likeness (QED) is 0.776. The fraction of sp³-hybridized carbons (Fsp3) is 0.118. The number of hydrogen-bond donors (Lipinski definition) is 1. The topological polar surface area (TPSA) is 77.3 Å². The van der Waals surface area contributed by atoms with Gasteiger partial charge in [0.1, 0.15) is 11.6 Å². The molecule has 3 rings (SSSR count). The zero-order valence-electron chi connectivity index (χ0n) is 12.8. The zero-order chi connectivity index (χ0) is 16.9. The van der Waals surface area contributed by atoms with Crippen molar-refractivity contribution in [3.63, 3.8) is 0 Å². The van der Waals surface area contributed by atoms with Crippen LogP contribution in [0.3, 0.4) is 0 Å². The summed E-state index contributed by atoms with van der Waals surface area (Å²) in [5.41, 5.74) is 0.579. The first-order chi connectivity index (χ1) is 11.7. The Kier molecular flexibility index (Phi) is 4.51.